The number of hydroxylamine groups is 2. The Labute approximate surface area is 116 Å². The van der Waals surface area contributed by atoms with E-state index in [0.29, 0.717) is 12.1 Å². The maximum atomic E-state index is 12.1. The number of amides is 1. The van der Waals surface area contributed by atoms with Crippen molar-refractivity contribution in [2.24, 2.45) is 0 Å². The van der Waals surface area contributed by atoms with Crippen LogP contribution in [0.5, 0.6) is 0 Å². The number of aromatic nitrogens is 2. The number of carbonyl (C=O) groups excluding carboxylic acids is 1. The molecule has 0 radical (unpaired) electrons. The molecule has 6 heteroatoms. The van der Waals surface area contributed by atoms with Crippen LogP contribution >= 0.6 is 0 Å². The Hall–Kier alpha value is -2.18. The number of β-amino-alcohol motifs (C(OH)–C–C–N with tert-alkyl or cyclic N) is 1. The molecule has 2 heterocycles. The average Bonchev–Trinajstić information content (AvgIpc) is 3.08. The molecule has 1 aromatic heterocycles. The first-order valence-corrected chi connectivity index (χ1v) is 6.41. The lowest BCUT2D eigenvalue weighted by molar-refractivity contribution is -0.0779. The summed E-state index contributed by atoms with van der Waals surface area (Å²) in [7, 11) is 0. The van der Waals surface area contributed by atoms with E-state index in [0.717, 1.165) is 5.56 Å². The van der Waals surface area contributed by atoms with Crippen LogP contribution < -0.4 is 0 Å². The van der Waals surface area contributed by atoms with E-state index < -0.39 is 6.10 Å². The highest BCUT2D eigenvalue weighted by Crippen LogP contribution is 2.12. The van der Waals surface area contributed by atoms with Gasteiger partial charge in [0.2, 0.25) is 0 Å². The smallest absolute Gasteiger partial charge is 0.280 e. The van der Waals surface area contributed by atoms with Crippen LogP contribution in [-0.4, -0.2) is 45.1 Å². The number of nitrogens with zero attached hydrogens (tertiary/aromatic N) is 3. The van der Waals surface area contributed by atoms with Crippen molar-refractivity contribution in [2.75, 3.05) is 13.2 Å². The van der Waals surface area contributed by atoms with E-state index in [-0.39, 0.29) is 19.1 Å². The van der Waals surface area contributed by atoms with Crippen LogP contribution in [0.3, 0.4) is 0 Å². The van der Waals surface area contributed by atoms with E-state index >= 15 is 0 Å². The number of rotatable bonds is 3. The van der Waals surface area contributed by atoms with Crippen LogP contribution in [0.1, 0.15) is 15.9 Å². The summed E-state index contributed by atoms with van der Waals surface area (Å²) in [5.74, 6) is -0.277. The summed E-state index contributed by atoms with van der Waals surface area (Å²) in [6.07, 6.45) is 2.58. The molecule has 0 saturated carbocycles. The minimum absolute atomic E-state index is 0.157. The third-order valence-electron chi connectivity index (χ3n) is 3.09. The van der Waals surface area contributed by atoms with Gasteiger partial charge in [0.1, 0.15) is 12.7 Å². The van der Waals surface area contributed by atoms with Gasteiger partial charge in [-0.25, -0.2) is 5.06 Å². The van der Waals surface area contributed by atoms with Crippen molar-refractivity contribution in [1.82, 2.24) is 14.8 Å². The van der Waals surface area contributed by atoms with Gasteiger partial charge < -0.3 is 5.11 Å². The number of hydrogen-bond donors (Lipinski definition) is 1. The molecule has 0 aliphatic carbocycles. The number of benzene rings is 1. The molecular formula is C14H15N3O3. The molecular weight excluding hydrogens is 258 g/mol. The predicted octanol–water partition coefficient (Wildman–Crippen LogP) is 0.680. The molecule has 1 saturated heterocycles. The van der Waals surface area contributed by atoms with Crippen molar-refractivity contribution in [3.63, 3.8) is 0 Å². The van der Waals surface area contributed by atoms with Gasteiger partial charge in [-0.05, 0) is 5.56 Å². The Bertz CT molecular complexity index is 597. The lowest BCUT2D eigenvalue weighted by atomic mass is 10.2. The first-order chi connectivity index (χ1) is 9.72. The molecule has 1 aliphatic rings. The molecule has 1 atom stereocenters. The second-order valence-corrected chi connectivity index (χ2v) is 4.73. The fourth-order valence-electron chi connectivity index (χ4n) is 2.09. The molecule has 1 fully saturated rings. The highest BCUT2D eigenvalue weighted by atomic mass is 16.7. The summed E-state index contributed by atoms with van der Waals surface area (Å²) < 4.78 is 1.70. The van der Waals surface area contributed by atoms with Gasteiger partial charge in [0, 0.05) is 6.20 Å². The van der Waals surface area contributed by atoms with Gasteiger partial charge in [-0.1, -0.05) is 30.3 Å². The van der Waals surface area contributed by atoms with Gasteiger partial charge in [-0.2, -0.15) is 5.10 Å². The van der Waals surface area contributed by atoms with E-state index in [2.05, 4.69) is 5.10 Å². The molecule has 104 valence electrons. The van der Waals surface area contributed by atoms with E-state index in [9.17, 15) is 9.90 Å². The summed E-state index contributed by atoms with van der Waals surface area (Å²) >= 11 is 0. The molecule has 20 heavy (non-hydrogen) atoms. The van der Waals surface area contributed by atoms with Gasteiger partial charge in [0.05, 0.1) is 24.8 Å². The van der Waals surface area contributed by atoms with Gasteiger partial charge in [-0.3, -0.25) is 14.3 Å². The first-order valence-electron chi connectivity index (χ1n) is 6.41. The van der Waals surface area contributed by atoms with Crippen LogP contribution in [0, 0.1) is 0 Å². The second kappa shape index (κ2) is 5.44. The Morgan fingerprint density at radius 2 is 2.20 bits per heavy atom. The third kappa shape index (κ3) is 2.71. The molecule has 1 aromatic carbocycles. The van der Waals surface area contributed by atoms with Gasteiger partial charge in [0.15, 0.2) is 0 Å². The van der Waals surface area contributed by atoms with Crippen molar-refractivity contribution in [1.29, 1.82) is 0 Å². The van der Waals surface area contributed by atoms with Crippen LogP contribution in [0.15, 0.2) is 42.7 Å². The van der Waals surface area contributed by atoms with Crippen molar-refractivity contribution in [2.45, 2.75) is 12.6 Å². The van der Waals surface area contributed by atoms with Crippen molar-refractivity contribution < 1.29 is 14.7 Å². The topological polar surface area (TPSA) is 67.6 Å². The Kier molecular flexibility index (Phi) is 3.49. The highest BCUT2D eigenvalue weighted by molar-refractivity contribution is 5.93. The summed E-state index contributed by atoms with van der Waals surface area (Å²) in [5.41, 5.74) is 1.57. The molecule has 6 nitrogen and oxygen atoms in total. The van der Waals surface area contributed by atoms with E-state index in [1.807, 2.05) is 30.3 Å². The van der Waals surface area contributed by atoms with E-state index in [1.54, 1.807) is 10.9 Å². The molecule has 1 unspecified atom stereocenters. The number of aliphatic hydroxyl groups excluding tert-OH is 1. The summed E-state index contributed by atoms with van der Waals surface area (Å²) in [6.45, 7) is 0.962. The van der Waals surface area contributed by atoms with Gasteiger partial charge in [-0.15, -0.1) is 0 Å². The summed E-state index contributed by atoms with van der Waals surface area (Å²) in [4.78, 5) is 17.2. The normalized spacial score (nSPS) is 18.4. The maximum absolute atomic E-state index is 12.1. The monoisotopic (exact) mass is 273 g/mol. The van der Waals surface area contributed by atoms with Crippen molar-refractivity contribution >= 4 is 5.91 Å². The number of hydrogen-bond acceptors (Lipinski definition) is 4. The minimum Gasteiger partial charge on any atom is -0.389 e. The van der Waals surface area contributed by atoms with E-state index in [4.69, 9.17) is 4.84 Å². The Balaban J connectivity index is 1.69. The zero-order valence-electron chi connectivity index (χ0n) is 10.8. The molecule has 3 rings (SSSR count). The third-order valence-corrected chi connectivity index (χ3v) is 3.09. The van der Waals surface area contributed by atoms with Crippen molar-refractivity contribution in [3.05, 3.63) is 53.9 Å². The van der Waals surface area contributed by atoms with Gasteiger partial charge >= 0.3 is 0 Å². The standard InChI is InChI=1S/C14H15N3O3/c18-13-9-17(20-10-13)14(19)12-6-15-16(8-12)7-11-4-2-1-3-5-11/h1-6,8,13,18H,7,9-10H2. The summed E-state index contributed by atoms with van der Waals surface area (Å²) in [6, 6.07) is 9.89. The highest BCUT2D eigenvalue weighted by Gasteiger charge is 2.27. The van der Waals surface area contributed by atoms with Gasteiger partial charge in [0.25, 0.3) is 5.91 Å². The first kappa shape index (κ1) is 12.8. The number of carbonyl (C=O) groups is 1. The van der Waals surface area contributed by atoms with Crippen LogP contribution in [0.4, 0.5) is 0 Å². The maximum Gasteiger partial charge on any atom is 0.280 e. The minimum atomic E-state index is -0.613. The summed E-state index contributed by atoms with van der Waals surface area (Å²) in [5, 5.41) is 14.7. The fourth-order valence-corrected chi connectivity index (χ4v) is 2.09. The lowest BCUT2D eigenvalue weighted by Gasteiger charge is -2.11. The molecule has 0 bridgehead atoms. The predicted molar refractivity (Wildman–Crippen MR) is 70.8 cm³/mol. The lowest BCUT2D eigenvalue weighted by Crippen LogP contribution is -2.28. The largest absolute Gasteiger partial charge is 0.389 e. The van der Waals surface area contributed by atoms with Crippen molar-refractivity contribution in [3.8, 4) is 0 Å². The van der Waals surface area contributed by atoms with Crippen LogP contribution in [0.25, 0.3) is 0 Å². The fraction of sp³-hybridized carbons (Fsp3) is 0.286. The quantitative estimate of drug-likeness (QED) is 0.893. The molecule has 1 N–H and O–H groups in total. The molecule has 2 aromatic rings. The molecule has 1 amide bonds. The van der Waals surface area contributed by atoms with E-state index in [1.165, 1.54) is 11.3 Å². The van der Waals surface area contributed by atoms with Crippen LogP contribution in [-0.2, 0) is 11.4 Å². The SMILES string of the molecule is O=C(c1cnn(Cc2ccccc2)c1)N1CC(O)CO1. The number of aliphatic hydroxyl groups is 1. The molecule has 1 aliphatic heterocycles. The Morgan fingerprint density at radius 1 is 1.40 bits per heavy atom. The second-order valence-electron chi connectivity index (χ2n) is 4.73. The molecule has 0 spiro atoms. The zero-order valence-corrected chi connectivity index (χ0v) is 10.8. The zero-order chi connectivity index (χ0) is 13.9. The Morgan fingerprint density at radius 3 is 2.90 bits per heavy atom. The average molecular weight is 273 g/mol. The van der Waals surface area contributed by atoms with Crippen LogP contribution in [0.2, 0.25) is 0 Å².